The SMILES string of the molecule is CCn1cc2c3c(cc(C(=O)NC(Cc4ccccc4)[C@H](O)CNCc4cccc(OC(F)(F)F)c4)cc31)N(C)S(=O)(=O)CC2. The Labute approximate surface area is 259 Å². The van der Waals surface area contributed by atoms with Crippen molar-refractivity contribution < 1.29 is 36.2 Å². The standard InChI is InChI=1S/C32H35F3N4O5S/c1-3-39-20-23-12-13-45(42,43)38(2)27-16-24(17-28(39)30(23)27)31(41)37-26(15-21-8-5-4-6-9-21)29(40)19-36-18-22-10-7-11-25(14-22)44-32(33,34)35/h4-11,14,16-17,20,26,29,36,40H,3,12-13,15,18-19H2,1-2H3,(H,37,41)/t26?,29-/m1/s1. The lowest BCUT2D eigenvalue weighted by Crippen LogP contribution is -2.48. The van der Waals surface area contributed by atoms with Gasteiger partial charge in [0.2, 0.25) is 10.0 Å². The van der Waals surface area contributed by atoms with Crippen LogP contribution in [0.2, 0.25) is 0 Å². The van der Waals surface area contributed by atoms with Crippen molar-refractivity contribution in [1.29, 1.82) is 0 Å². The van der Waals surface area contributed by atoms with Crippen LogP contribution in [0.25, 0.3) is 10.9 Å². The third-order valence-corrected chi connectivity index (χ3v) is 9.67. The molecule has 3 N–H and O–H groups in total. The molecule has 0 fully saturated rings. The number of aliphatic hydroxyl groups is 1. The molecule has 0 saturated heterocycles. The Kier molecular flexibility index (Phi) is 9.42. The molecule has 2 heterocycles. The fourth-order valence-corrected chi connectivity index (χ4v) is 6.80. The quantitative estimate of drug-likeness (QED) is 0.224. The number of anilines is 1. The van der Waals surface area contributed by atoms with Crippen LogP contribution in [0.5, 0.6) is 5.75 Å². The second kappa shape index (κ2) is 13.1. The number of amides is 1. The van der Waals surface area contributed by atoms with E-state index in [1.54, 1.807) is 18.2 Å². The van der Waals surface area contributed by atoms with E-state index in [0.29, 0.717) is 30.6 Å². The summed E-state index contributed by atoms with van der Waals surface area (Å²) in [5.74, 6) is -0.866. The normalized spacial score (nSPS) is 15.8. The predicted molar refractivity (Wildman–Crippen MR) is 166 cm³/mol. The molecule has 3 aromatic carbocycles. The Morgan fingerprint density at radius 3 is 2.51 bits per heavy atom. The van der Waals surface area contributed by atoms with Gasteiger partial charge in [-0.1, -0.05) is 42.5 Å². The number of nitrogens with one attached hydrogen (secondary N) is 2. The molecule has 0 radical (unpaired) electrons. The zero-order valence-corrected chi connectivity index (χ0v) is 25.7. The fraction of sp³-hybridized carbons (Fsp3) is 0.344. The number of aliphatic hydroxyl groups excluding tert-OH is 1. The van der Waals surface area contributed by atoms with Crippen molar-refractivity contribution in [2.24, 2.45) is 0 Å². The van der Waals surface area contributed by atoms with E-state index in [0.717, 1.165) is 22.0 Å². The summed E-state index contributed by atoms with van der Waals surface area (Å²) >= 11 is 0. The highest BCUT2D eigenvalue weighted by molar-refractivity contribution is 7.92. The van der Waals surface area contributed by atoms with Crippen molar-refractivity contribution in [1.82, 2.24) is 15.2 Å². The smallest absolute Gasteiger partial charge is 0.406 e. The number of rotatable bonds is 11. The number of benzene rings is 3. The van der Waals surface area contributed by atoms with Gasteiger partial charge in [0.25, 0.3) is 5.91 Å². The molecule has 1 aliphatic rings. The summed E-state index contributed by atoms with van der Waals surface area (Å²) in [6.07, 6.45) is -3.29. The van der Waals surface area contributed by atoms with Crippen LogP contribution in [-0.4, -0.2) is 61.9 Å². The van der Waals surface area contributed by atoms with E-state index in [4.69, 9.17) is 0 Å². The molecule has 0 spiro atoms. The van der Waals surface area contributed by atoms with Gasteiger partial charge in [-0.2, -0.15) is 0 Å². The van der Waals surface area contributed by atoms with E-state index in [-0.39, 0.29) is 30.2 Å². The monoisotopic (exact) mass is 644 g/mol. The Hall–Kier alpha value is -4.07. The number of hydrogen-bond donors (Lipinski definition) is 3. The van der Waals surface area contributed by atoms with Gasteiger partial charge in [-0.05, 0) is 60.7 Å². The lowest BCUT2D eigenvalue weighted by Gasteiger charge is -2.25. The molecular weight excluding hydrogens is 609 g/mol. The number of carbonyl (C=O) groups is 1. The Morgan fingerprint density at radius 2 is 1.80 bits per heavy atom. The maximum atomic E-state index is 13.8. The molecule has 2 atom stereocenters. The minimum atomic E-state index is -4.81. The molecule has 1 aromatic heterocycles. The van der Waals surface area contributed by atoms with Gasteiger partial charge in [0.1, 0.15) is 5.75 Å². The molecule has 5 rings (SSSR count). The molecule has 1 amide bonds. The van der Waals surface area contributed by atoms with E-state index >= 15 is 0 Å². The molecule has 9 nitrogen and oxygen atoms in total. The second-order valence-corrected chi connectivity index (χ2v) is 13.1. The summed E-state index contributed by atoms with van der Waals surface area (Å²) in [4.78, 5) is 13.8. The zero-order valence-electron chi connectivity index (χ0n) is 24.8. The Balaban J connectivity index is 1.37. The van der Waals surface area contributed by atoms with Crippen LogP contribution in [0.3, 0.4) is 0 Å². The molecule has 45 heavy (non-hydrogen) atoms. The number of aryl methyl sites for hydroxylation is 2. The van der Waals surface area contributed by atoms with E-state index in [1.807, 2.05) is 48.0 Å². The first-order valence-corrected chi connectivity index (χ1v) is 16.2. The summed E-state index contributed by atoms with van der Waals surface area (Å²) in [7, 11) is -2.10. The average Bonchev–Trinajstić information content (AvgIpc) is 3.32. The maximum absolute atomic E-state index is 13.8. The van der Waals surface area contributed by atoms with Gasteiger partial charge in [0, 0.05) is 43.8 Å². The van der Waals surface area contributed by atoms with Gasteiger partial charge in [-0.15, -0.1) is 13.2 Å². The Bertz CT molecular complexity index is 1780. The van der Waals surface area contributed by atoms with E-state index in [2.05, 4.69) is 15.4 Å². The highest BCUT2D eigenvalue weighted by atomic mass is 32.2. The Morgan fingerprint density at radius 1 is 1.07 bits per heavy atom. The van der Waals surface area contributed by atoms with E-state index in [1.165, 1.54) is 29.6 Å². The lowest BCUT2D eigenvalue weighted by atomic mass is 9.99. The summed E-state index contributed by atoms with van der Waals surface area (Å²) in [5, 5.41) is 18.0. The van der Waals surface area contributed by atoms with Gasteiger partial charge in [0.05, 0.1) is 29.1 Å². The minimum Gasteiger partial charge on any atom is -0.406 e. The molecule has 240 valence electrons. The molecule has 1 unspecified atom stereocenters. The van der Waals surface area contributed by atoms with Gasteiger partial charge >= 0.3 is 6.36 Å². The van der Waals surface area contributed by atoms with Crippen molar-refractivity contribution >= 4 is 32.5 Å². The van der Waals surface area contributed by atoms with Crippen molar-refractivity contribution in [3.05, 3.63) is 95.2 Å². The number of halogens is 3. The van der Waals surface area contributed by atoms with Crippen LogP contribution in [0.15, 0.2) is 72.9 Å². The predicted octanol–water partition coefficient (Wildman–Crippen LogP) is 4.37. The van der Waals surface area contributed by atoms with E-state index < -0.39 is 34.4 Å². The molecular formula is C32H35F3N4O5S. The number of sulfonamides is 1. The van der Waals surface area contributed by atoms with Crippen LogP contribution < -0.4 is 19.7 Å². The number of alkyl halides is 3. The van der Waals surface area contributed by atoms with E-state index in [9.17, 15) is 31.5 Å². The second-order valence-electron chi connectivity index (χ2n) is 11.0. The minimum absolute atomic E-state index is 0.0233. The molecule has 13 heteroatoms. The number of aromatic nitrogens is 1. The zero-order chi connectivity index (χ0) is 32.4. The lowest BCUT2D eigenvalue weighted by molar-refractivity contribution is -0.274. The number of carbonyl (C=O) groups excluding carboxylic acids is 1. The van der Waals surface area contributed by atoms with Crippen LogP contribution >= 0.6 is 0 Å². The first kappa shape index (κ1) is 32.3. The highest BCUT2D eigenvalue weighted by Gasteiger charge is 2.32. The summed E-state index contributed by atoms with van der Waals surface area (Å²) < 4.78 is 70.9. The largest absolute Gasteiger partial charge is 0.573 e. The molecule has 4 aromatic rings. The number of ether oxygens (including phenoxy) is 1. The number of hydrogen-bond acceptors (Lipinski definition) is 6. The van der Waals surface area contributed by atoms with Crippen LogP contribution in [0.1, 0.15) is 34.0 Å². The summed E-state index contributed by atoms with van der Waals surface area (Å²) in [6.45, 7) is 2.77. The van der Waals surface area contributed by atoms with Gasteiger partial charge < -0.3 is 25.0 Å². The first-order chi connectivity index (χ1) is 21.3. The van der Waals surface area contributed by atoms with Crippen LogP contribution in [0, 0.1) is 0 Å². The average molecular weight is 645 g/mol. The van der Waals surface area contributed by atoms with Crippen LogP contribution in [0.4, 0.5) is 18.9 Å². The first-order valence-electron chi connectivity index (χ1n) is 14.5. The van der Waals surface area contributed by atoms with Gasteiger partial charge in [0.15, 0.2) is 0 Å². The number of nitrogens with zero attached hydrogens (tertiary/aromatic N) is 2. The third-order valence-electron chi connectivity index (χ3n) is 7.92. The van der Waals surface area contributed by atoms with Crippen LogP contribution in [-0.2, 0) is 36.0 Å². The van der Waals surface area contributed by atoms with Crippen molar-refractivity contribution in [3.8, 4) is 5.75 Å². The molecule has 0 bridgehead atoms. The topological polar surface area (TPSA) is 113 Å². The molecule has 1 aliphatic heterocycles. The van der Waals surface area contributed by atoms with Crippen molar-refractivity contribution in [3.63, 3.8) is 0 Å². The third kappa shape index (κ3) is 7.60. The summed E-state index contributed by atoms with van der Waals surface area (Å²) in [6, 6.07) is 17.4. The maximum Gasteiger partial charge on any atom is 0.573 e. The summed E-state index contributed by atoms with van der Waals surface area (Å²) in [5.41, 5.74) is 3.72. The van der Waals surface area contributed by atoms with Gasteiger partial charge in [-0.25, -0.2) is 8.42 Å². The van der Waals surface area contributed by atoms with Gasteiger partial charge in [-0.3, -0.25) is 9.10 Å². The van der Waals surface area contributed by atoms with Crippen molar-refractivity contribution in [2.45, 2.75) is 51.4 Å². The fourth-order valence-electron chi connectivity index (χ4n) is 5.61. The highest BCUT2D eigenvalue weighted by Crippen LogP contribution is 2.37. The molecule has 0 saturated carbocycles. The van der Waals surface area contributed by atoms with Crippen molar-refractivity contribution in [2.75, 3.05) is 23.7 Å². The molecule has 0 aliphatic carbocycles.